The number of aryl methyl sites for hydroxylation is 1. The lowest BCUT2D eigenvalue weighted by molar-refractivity contribution is 0.0983. The van der Waals surface area contributed by atoms with Crippen LogP contribution in [0.25, 0.3) is 0 Å². The second kappa shape index (κ2) is 7.05. The van der Waals surface area contributed by atoms with Crippen molar-refractivity contribution in [3.8, 4) is 5.75 Å². The summed E-state index contributed by atoms with van der Waals surface area (Å²) in [6.45, 7) is 2.79. The van der Waals surface area contributed by atoms with E-state index in [1.807, 2.05) is 54.3 Å². The van der Waals surface area contributed by atoms with Crippen molar-refractivity contribution in [2.24, 2.45) is 0 Å². The molecule has 0 aromatic heterocycles. The Morgan fingerprint density at radius 2 is 2.04 bits per heavy atom. The van der Waals surface area contributed by atoms with Crippen LogP contribution in [-0.2, 0) is 0 Å². The van der Waals surface area contributed by atoms with Crippen molar-refractivity contribution in [2.75, 3.05) is 25.2 Å². The van der Waals surface area contributed by atoms with Crippen LogP contribution in [0.3, 0.4) is 0 Å². The summed E-state index contributed by atoms with van der Waals surface area (Å²) in [7, 11) is 1.66. The van der Waals surface area contributed by atoms with Gasteiger partial charge in [-0.15, -0.1) is 0 Å². The minimum atomic E-state index is 0.00644. The molecule has 0 radical (unpaired) electrons. The van der Waals surface area contributed by atoms with Gasteiger partial charge in [0.15, 0.2) is 0 Å². The lowest BCUT2D eigenvalue weighted by atomic mass is 9.85. The Morgan fingerprint density at radius 3 is 2.71 bits per heavy atom. The summed E-state index contributed by atoms with van der Waals surface area (Å²) in [5.74, 6) is 1.02. The van der Waals surface area contributed by atoms with Gasteiger partial charge in [0.25, 0.3) is 5.91 Å². The standard InChI is InChI=1S/C20H23NO3/c1-14-12-17-19(18(13-14)24-2)15(9-11-22)8-10-21(17)20(23)16-6-4-3-5-7-16/h3-7,12-13,15,22H,8-11H2,1-2H3/t15-/m0/s1. The number of carbonyl (C=O) groups excluding carboxylic acids is 1. The van der Waals surface area contributed by atoms with Gasteiger partial charge in [-0.3, -0.25) is 4.79 Å². The van der Waals surface area contributed by atoms with Crippen LogP contribution in [0.4, 0.5) is 5.69 Å². The van der Waals surface area contributed by atoms with Gasteiger partial charge in [-0.05, 0) is 55.5 Å². The predicted molar refractivity (Wildman–Crippen MR) is 94.9 cm³/mol. The highest BCUT2D eigenvalue weighted by molar-refractivity contribution is 6.07. The number of aliphatic hydroxyl groups is 1. The maximum atomic E-state index is 13.0. The molecule has 2 aromatic carbocycles. The monoisotopic (exact) mass is 325 g/mol. The molecule has 0 unspecified atom stereocenters. The summed E-state index contributed by atoms with van der Waals surface area (Å²) in [5, 5.41) is 9.39. The molecule has 126 valence electrons. The van der Waals surface area contributed by atoms with Crippen LogP contribution in [0.15, 0.2) is 42.5 Å². The molecule has 1 N–H and O–H groups in total. The Balaban J connectivity index is 2.07. The number of aliphatic hydroxyl groups excluding tert-OH is 1. The number of amides is 1. The lowest BCUT2D eigenvalue weighted by Gasteiger charge is -2.35. The minimum absolute atomic E-state index is 0.00644. The normalized spacial score (nSPS) is 16.6. The van der Waals surface area contributed by atoms with E-state index in [-0.39, 0.29) is 18.4 Å². The fourth-order valence-electron chi connectivity index (χ4n) is 3.49. The number of ether oxygens (including phenoxy) is 1. The minimum Gasteiger partial charge on any atom is -0.496 e. The van der Waals surface area contributed by atoms with Gasteiger partial charge < -0.3 is 14.7 Å². The number of anilines is 1. The van der Waals surface area contributed by atoms with Crippen molar-refractivity contribution in [1.29, 1.82) is 0 Å². The second-order valence-electron chi connectivity index (χ2n) is 6.22. The van der Waals surface area contributed by atoms with E-state index in [9.17, 15) is 9.90 Å². The first-order valence-electron chi connectivity index (χ1n) is 8.32. The lowest BCUT2D eigenvalue weighted by Crippen LogP contribution is -2.37. The summed E-state index contributed by atoms with van der Waals surface area (Å²) in [5.41, 5.74) is 3.68. The van der Waals surface area contributed by atoms with E-state index in [2.05, 4.69) is 0 Å². The maximum Gasteiger partial charge on any atom is 0.258 e. The number of methoxy groups -OCH3 is 1. The highest BCUT2D eigenvalue weighted by atomic mass is 16.5. The van der Waals surface area contributed by atoms with Gasteiger partial charge in [-0.2, -0.15) is 0 Å². The van der Waals surface area contributed by atoms with E-state index in [1.165, 1.54) is 0 Å². The van der Waals surface area contributed by atoms with Crippen molar-refractivity contribution in [2.45, 2.75) is 25.7 Å². The van der Waals surface area contributed by atoms with Crippen LogP contribution in [-0.4, -0.2) is 31.3 Å². The number of fused-ring (bicyclic) bond motifs is 1. The third-order valence-corrected chi connectivity index (χ3v) is 4.63. The van der Waals surface area contributed by atoms with Crippen molar-refractivity contribution in [3.63, 3.8) is 0 Å². The predicted octanol–water partition coefficient (Wildman–Crippen LogP) is 3.52. The van der Waals surface area contributed by atoms with E-state index in [0.717, 1.165) is 29.0 Å². The molecule has 2 aromatic rings. The van der Waals surface area contributed by atoms with Crippen molar-refractivity contribution in [3.05, 3.63) is 59.2 Å². The molecule has 0 saturated heterocycles. The molecular formula is C20H23NO3. The first-order valence-corrected chi connectivity index (χ1v) is 8.32. The van der Waals surface area contributed by atoms with E-state index >= 15 is 0 Å². The van der Waals surface area contributed by atoms with Crippen LogP contribution < -0.4 is 9.64 Å². The Hall–Kier alpha value is -2.33. The molecule has 1 aliphatic heterocycles. The molecule has 0 bridgehead atoms. The number of nitrogens with zero attached hydrogens (tertiary/aromatic N) is 1. The summed E-state index contributed by atoms with van der Waals surface area (Å²) >= 11 is 0. The first kappa shape index (κ1) is 16.5. The average molecular weight is 325 g/mol. The molecule has 0 spiro atoms. The molecule has 24 heavy (non-hydrogen) atoms. The zero-order valence-corrected chi connectivity index (χ0v) is 14.2. The molecule has 0 fully saturated rings. The van der Waals surface area contributed by atoms with Crippen LogP contribution in [0.5, 0.6) is 5.75 Å². The van der Waals surface area contributed by atoms with Gasteiger partial charge in [0.05, 0.1) is 12.8 Å². The van der Waals surface area contributed by atoms with Gasteiger partial charge in [-0.1, -0.05) is 18.2 Å². The first-order chi connectivity index (χ1) is 11.7. The Labute approximate surface area is 142 Å². The van der Waals surface area contributed by atoms with Gasteiger partial charge >= 0.3 is 0 Å². The van der Waals surface area contributed by atoms with E-state index in [1.54, 1.807) is 7.11 Å². The van der Waals surface area contributed by atoms with E-state index < -0.39 is 0 Å². The number of rotatable bonds is 4. The average Bonchev–Trinajstić information content (AvgIpc) is 2.61. The zero-order chi connectivity index (χ0) is 17.1. The van der Waals surface area contributed by atoms with E-state index in [0.29, 0.717) is 18.5 Å². The fourth-order valence-corrected chi connectivity index (χ4v) is 3.49. The summed E-state index contributed by atoms with van der Waals surface area (Å²) < 4.78 is 5.58. The van der Waals surface area contributed by atoms with Crippen molar-refractivity contribution < 1.29 is 14.6 Å². The molecule has 0 aliphatic carbocycles. The smallest absolute Gasteiger partial charge is 0.258 e. The third kappa shape index (κ3) is 3.02. The van der Waals surface area contributed by atoms with Gasteiger partial charge in [0.2, 0.25) is 0 Å². The van der Waals surface area contributed by atoms with Gasteiger partial charge in [0.1, 0.15) is 5.75 Å². The van der Waals surface area contributed by atoms with Crippen LogP contribution in [0.2, 0.25) is 0 Å². The SMILES string of the molecule is COc1cc(C)cc2c1[C@H](CCO)CCN2C(=O)c1ccccc1. The third-order valence-electron chi connectivity index (χ3n) is 4.63. The van der Waals surface area contributed by atoms with Crippen LogP contribution >= 0.6 is 0 Å². The number of benzene rings is 2. The van der Waals surface area contributed by atoms with E-state index in [4.69, 9.17) is 4.74 Å². The molecule has 4 heteroatoms. The van der Waals surface area contributed by atoms with Gasteiger partial charge in [0, 0.05) is 24.3 Å². The molecule has 4 nitrogen and oxygen atoms in total. The van der Waals surface area contributed by atoms with Crippen molar-refractivity contribution >= 4 is 11.6 Å². The zero-order valence-electron chi connectivity index (χ0n) is 14.2. The number of hydrogen-bond acceptors (Lipinski definition) is 3. The fraction of sp³-hybridized carbons (Fsp3) is 0.350. The van der Waals surface area contributed by atoms with Crippen LogP contribution in [0, 0.1) is 6.92 Å². The topological polar surface area (TPSA) is 49.8 Å². The van der Waals surface area contributed by atoms with Gasteiger partial charge in [-0.25, -0.2) is 0 Å². The molecule has 0 saturated carbocycles. The Bertz CT molecular complexity index is 727. The summed E-state index contributed by atoms with van der Waals surface area (Å²) in [6.07, 6.45) is 1.51. The highest BCUT2D eigenvalue weighted by Gasteiger charge is 2.31. The Kier molecular flexibility index (Phi) is 4.86. The second-order valence-corrected chi connectivity index (χ2v) is 6.22. The maximum absolute atomic E-state index is 13.0. The summed E-state index contributed by atoms with van der Waals surface area (Å²) in [4.78, 5) is 14.8. The molecule has 1 atom stereocenters. The number of carbonyl (C=O) groups is 1. The quantitative estimate of drug-likeness (QED) is 0.936. The van der Waals surface area contributed by atoms with Crippen molar-refractivity contribution in [1.82, 2.24) is 0 Å². The molecular weight excluding hydrogens is 302 g/mol. The number of hydrogen-bond donors (Lipinski definition) is 1. The Morgan fingerprint density at radius 1 is 1.29 bits per heavy atom. The molecule has 1 aliphatic rings. The molecule has 3 rings (SSSR count). The van der Waals surface area contributed by atoms with Crippen LogP contribution in [0.1, 0.15) is 40.2 Å². The molecule has 1 amide bonds. The summed E-state index contributed by atoms with van der Waals surface area (Å²) in [6, 6.07) is 13.4. The molecule has 1 heterocycles. The largest absolute Gasteiger partial charge is 0.496 e. The highest BCUT2D eigenvalue weighted by Crippen LogP contribution is 2.44.